The van der Waals surface area contributed by atoms with Crippen molar-refractivity contribution in [1.82, 2.24) is 0 Å². The molecule has 17 nitrogen and oxygen atoms in total. The molecule has 0 saturated carbocycles. The zero-order valence-corrected chi connectivity index (χ0v) is 56.1. The Bertz CT molecular complexity index is 1670. The van der Waals surface area contributed by atoms with Crippen LogP contribution in [0, 0.1) is 17.8 Å². The maximum atomic E-state index is 13.0. The summed E-state index contributed by atoms with van der Waals surface area (Å²) >= 11 is 0. The lowest BCUT2D eigenvalue weighted by molar-refractivity contribution is -0.161. The van der Waals surface area contributed by atoms with Crippen LogP contribution in [0.5, 0.6) is 0 Å². The van der Waals surface area contributed by atoms with E-state index in [9.17, 15) is 43.2 Å². The summed E-state index contributed by atoms with van der Waals surface area (Å²) in [5.74, 6) is -0.0119. The fraction of sp³-hybridized carbons (Fsp3) is 0.938. The Morgan fingerprint density at radius 1 is 0.345 bits per heavy atom. The molecule has 0 aromatic carbocycles. The van der Waals surface area contributed by atoms with E-state index in [-0.39, 0.29) is 25.7 Å². The van der Waals surface area contributed by atoms with E-state index >= 15 is 0 Å². The summed E-state index contributed by atoms with van der Waals surface area (Å²) in [6.07, 6.45) is 37.8. The van der Waals surface area contributed by atoms with Gasteiger partial charge in [-0.05, 0) is 43.4 Å². The number of aliphatic hydroxyl groups is 1. The number of carbonyl (C=O) groups excluding carboxylic acids is 4. The summed E-state index contributed by atoms with van der Waals surface area (Å²) in [4.78, 5) is 72.2. The van der Waals surface area contributed by atoms with Gasteiger partial charge in [0.15, 0.2) is 12.2 Å². The molecule has 84 heavy (non-hydrogen) atoms. The molecule has 0 aromatic rings. The van der Waals surface area contributed by atoms with E-state index in [1.54, 1.807) is 0 Å². The van der Waals surface area contributed by atoms with Crippen molar-refractivity contribution < 1.29 is 80.2 Å². The third-order valence-corrected chi connectivity index (χ3v) is 17.1. The Kier molecular flexibility index (Phi) is 55.0. The van der Waals surface area contributed by atoms with Crippen molar-refractivity contribution in [1.29, 1.82) is 0 Å². The zero-order valence-electron chi connectivity index (χ0n) is 54.4. The molecule has 498 valence electrons. The van der Waals surface area contributed by atoms with Crippen molar-refractivity contribution in [3.63, 3.8) is 0 Å². The van der Waals surface area contributed by atoms with Crippen LogP contribution in [-0.2, 0) is 65.4 Å². The summed E-state index contributed by atoms with van der Waals surface area (Å²) in [7, 11) is -9.89. The van der Waals surface area contributed by atoms with Gasteiger partial charge in [-0.3, -0.25) is 37.3 Å². The number of esters is 4. The molecule has 0 heterocycles. The predicted molar refractivity (Wildman–Crippen MR) is 335 cm³/mol. The third kappa shape index (κ3) is 57.8. The van der Waals surface area contributed by atoms with Crippen molar-refractivity contribution in [3.8, 4) is 0 Å². The number of aliphatic hydroxyl groups excluding tert-OH is 1. The molecule has 0 aliphatic rings. The largest absolute Gasteiger partial charge is 0.472 e. The van der Waals surface area contributed by atoms with Crippen LogP contribution in [-0.4, -0.2) is 96.7 Å². The molecule has 0 bridgehead atoms. The van der Waals surface area contributed by atoms with Crippen LogP contribution in [0.15, 0.2) is 0 Å². The molecule has 0 aromatic heterocycles. The Balaban J connectivity index is 5.25. The first kappa shape index (κ1) is 82.1. The first-order valence-electron chi connectivity index (χ1n) is 33.9. The average Bonchev–Trinajstić information content (AvgIpc) is 3.50. The van der Waals surface area contributed by atoms with E-state index in [2.05, 4.69) is 48.5 Å². The third-order valence-electron chi connectivity index (χ3n) is 15.2. The first-order valence-corrected chi connectivity index (χ1v) is 36.9. The monoisotopic (exact) mass is 1240 g/mol. The molecule has 0 aliphatic carbocycles. The second-order valence-electron chi connectivity index (χ2n) is 24.7. The lowest BCUT2D eigenvalue weighted by Crippen LogP contribution is -2.30. The standard InChI is InChI=1S/C65H126O17P2/c1-8-10-11-12-13-14-15-16-17-18-19-24-34-41-48-64(69)81-60(52-75-62(67)46-39-32-23-21-20-22-29-36-43-56(3)4)54-79-83(71,72)77-50-59(66)51-78-84(73,74)80-55-61(53-76-63(68)47-40-33-27-25-30-37-44-57(5)6)82-65(70)49-42-35-28-26-31-38-45-58(7)9-2/h56-61,66H,8-55H2,1-7H3,(H,71,72)(H,73,74)/t58?,59-,60-,61-/m1/s1. The number of ether oxygens (including phenoxy) is 4. The van der Waals surface area contributed by atoms with Crippen LogP contribution in [0.1, 0.15) is 318 Å². The van der Waals surface area contributed by atoms with Crippen LogP contribution in [0.2, 0.25) is 0 Å². The van der Waals surface area contributed by atoms with Gasteiger partial charge in [0.25, 0.3) is 0 Å². The van der Waals surface area contributed by atoms with Crippen molar-refractivity contribution in [3.05, 3.63) is 0 Å². The highest BCUT2D eigenvalue weighted by molar-refractivity contribution is 7.47. The molecule has 6 atom stereocenters. The van der Waals surface area contributed by atoms with Crippen molar-refractivity contribution in [2.75, 3.05) is 39.6 Å². The first-order chi connectivity index (χ1) is 40.3. The van der Waals surface area contributed by atoms with Gasteiger partial charge in [0, 0.05) is 25.7 Å². The highest BCUT2D eigenvalue weighted by atomic mass is 31.2. The van der Waals surface area contributed by atoms with Crippen molar-refractivity contribution >= 4 is 39.5 Å². The molecule has 3 N–H and O–H groups in total. The fourth-order valence-electron chi connectivity index (χ4n) is 9.62. The van der Waals surface area contributed by atoms with Crippen LogP contribution in [0.4, 0.5) is 0 Å². The molecule has 3 unspecified atom stereocenters. The molecule has 0 rings (SSSR count). The molecule has 0 fully saturated rings. The lowest BCUT2D eigenvalue weighted by atomic mass is 10.00. The number of phosphoric acid groups is 2. The minimum atomic E-state index is -4.95. The van der Waals surface area contributed by atoms with Gasteiger partial charge in [0.2, 0.25) is 0 Å². The Hall–Kier alpha value is -1.94. The highest BCUT2D eigenvalue weighted by Crippen LogP contribution is 2.45. The Morgan fingerprint density at radius 3 is 0.905 bits per heavy atom. The summed E-state index contributed by atoms with van der Waals surface area (Å²) in [5, 5.41) is 10.5. The molecule has 0 amide bonds. The van der Waals surface area contributed by atoms with E-state index < -0.39 is 97.5 Å². The van der Waals surface area contributed by atoms with Crippen LogP contribution in [0.3, 0.4) is 0 Å². The molecular formula is C65H126O17P2. The molecule has 0 saturated heterocycles. The summed E-state index contributed by atoms with van der Waals surface area (Å²) < 4.78 is 68.0. The minimum Gasteiger partial charge on any atom is -0.462 e. The lowest BCUT2D eigenvalue weighted by Gasteiger charge is -2.21. The number of unbranched alkanes of at least 4 members (excludes halogenated alkanes) is 30. The van der Waals surface area contributed by atoms with Crippen molar-refractivity contribution in [2.24, 2.45) is 17.8 Å². The number of hydrogen-bond acceptors (Lipinski definition) is 15. The van der Waals surface area contributed by atoms with Gasteiger partial charge in [-0.1, -0.05) is 267 Å². The Morgan fingerprint density at radius 2 is 0.607 bits per heavy atom. The topological polar surface area (TPSA) is 237 Å². The van der Waals surface area contributed by atoms with E-state index in [1.165, 1.54) is 122 Å². The van der Waals surface area contributed by atoms with E-state index in [0.717, 1.165) is 108 Å². The van der Waals surface area contributed by atoms with Crippen molar-refractivity contribution in [2.45, 2.75) is 336 Å². The smallest absolute Gasteiger partial charge is 0.462 e. The SMILES string of the molecule is CCCCCCCCCCCCCCCCC(=O)O[C@H](COC(=O)CCCCCCCCCCC(C)C)COP(=O)(O)OC[C@@H](O)COP(=O)(O)OC[C@@H](COC(=O)CCCCCCCCC(C)C)OC(=O)CCCCCCCCC(C)CC. The summed E-state index contributed by atoms with van der Waals surface area (Å²) in [5.41, 5.74) is 0. The molecule has 19 heteroatoms. The fourth-order valence-corrected chi connectivity index (χ4v) is 11.2. The van der Waals surface area contributed by atoms with Crippen LogP contribution in [0.25, 0.3) is 0 Å². The zero-order chi connectivity index (χ0) is 62.4. The molecule has 0 aliphatic heterocycles. The number of rotatable bonds is 63. The van der Waals surface area contributed by atoms with Gasteiger partial charge in [-0.25, -0.2) is 9.13 Å². The maximum absolute atomic E-state index is 13.0. The van der Waals surface area contributed by atoms with Crippen LogP contribution < -0.4 is 0 Å². The normalized spacial score (nSPS) is 14.7. The second-order valence-corrected chi connectivity index (χ2v) is 27.6. The molecule has 0 radical (unpaired) electrons. The van der Waals surface area contributed by atoms with E-state index in [4.69, 9.17) is 37.0 Å². The Labute approximate surface area is 511 Å². The van der Waals surface area contributed by atoms with Gasteiger partial charge in [-0.2, -0.15) is 0 Å². The van der Waals surface area contributed by atoms with E-state index in [1.807, 2.05) is 0 Å². The quantitative estimate of drug-likeness (QED) is 0.0222. The number of hydrogen-bond donors (Lipinski definition) is 3. The molecular weight excluding hydrogens is 1110 g/mol. The summed E-state index contributed by atoms with van der Waals surface area (Å²) in [6, 6.07) is 0. The summed E-state index contributed by atoms with van der Waals surface area (Å²) in [6.45, 7) is 11.6. The predicted octanol–water partition coefficient (Wildman–Crippen LogP) is 17.9. The van der Waals surface area contributed by atoms with E-state index in [0.29, 0.717) is 31.6 Å². The van der Waals surface area contributed by atoms with Gasteiger partial charge in [0.1, 0.15) is 19.3 Å². The van der Waals surface area contributed by atoms with Gasteiger partial charge < -0.3 is 33.8 Å². The average molecular weight is 1240 g/mol. The van der Waals surface area contributed by atoms with Gasteiger partial charge >= 0.3 is 39.5 Å². The van der Waals surface area contributed by atoms with Gasteiger partial charge in [0.05, 0.1) is 26.4 Å². The molecule has 0 spiro atoms. The second kappa shape index (κ2) is 56.3. The van der Waals surface area contributed by atoms with Crippen LogP contribution >= 0.6 is 15.6 Å². The number of carbonyl (C=O) groups is 4. The minimum absolute atomic E-state index is 0.102. The highest BCUT2D eigenvalue weighted by Gasteiger charge is 2.30. The maximum Gasteiger partial charge on any atom is 0.472 e. The van der Waals surface area contributed by atoms with Gasteiger partial charge in [-0.15, -0.1) is 0 Å². The number of phosphoric ester groups is 2.